The second-order valence-corrected chi connectivity index (χ2v) is 9.39. The van der Waals surface area contributed by atoms with E-state index in [0.717, 1.165) is 42.9 Å². The van der Waals surface area contributed by atoms with Crippen LogP contribution in [0.2, 0.25) is 0 Å². The molecule has 0 spiro atoms. The third kappa shape index (κ3) is 4.71. The van der Waals surface area contributed by atoms with Gasteiger partial charge in [0.15, 0.2) is 0 Å². The molecule has 1 amide bonds. The van der Waals surface area contributed by atoms with E-state index in [9.17, 15) is 9.18 Å². The molecule has 6 nitrogen and oxygen atoms in total. The summed E-state index contributed by atoms with van der Waals surface area (Å²) in [5.41, 5.74) is 2.01. The number of imidazole rings is 1. The Balaban J connectivity index is 1.54. The number of piperidine rings is 1. The number of hydrogen-bond donors (Lipinski definition) is 0. The molecule has 2 heterocycles. The van der Waals surface area contributed by atoms with Gasteiger partial charge in [0.2, 0.25) is 5.95 Å². The zero-order valence-electron chi connectivity index (χ0n) is 19.2. The number of nitrogens with zero attached hydrogens (tertiary/aromatic N) is 4. The third-order valence-electron chi connectivity index (χ3n) is 5.90. The van der Waals surface area contributed by atoms with Crippen LogP contribution in [0.3, 0.4) is 0 Å². The lowest BCUT2D eigenvalue weighted by atomic mass is 10.0. The van der Waals surface area contributed by atoms with Gasteiger partial charge in [-0.05, 0) is 51.8 Å². The van der Waals surface area contributed by atoms with Crippen molar-refractivity contribution in [3.8, 4) is 0 Å². The Morgan fingerprint density at radius 1 is 1.12 bits per heavy atom. The Bertz CT molecular complexity index is 1100. The Morgan fingerprint density at radius 2 is 1.78 bits per heavy atom. The van der Waals surface area contributed by atoms with E-state index in [2.05, 4.69) is 9.47 Å². The summed E-state index contributed by atoms with van der Waals surface area (Å²) in [4.78, 5) is 21.3. The molecule has 0 saturated carbocycles. The summed E-state index contributed by atoms with van der Waals surface area (Å²) in [6.07, 6.45) is 1.35. The monoisotopic (exact) mass is 438 g/mol. The first-order valence-corrected chi connectivity index (χ1v) is 11.1. The van der Waals surface area contributed by atoms with E-state index < -0.39 is 5.60 Å². The van der Waals surface area contributed by atoms with E-state index in [4.69, 9.17) is 9.72 Å². The number of aromatic nitrogens is 2. The predicted octanol–water partition coefficient (Wildman–Crippen LogP) is 5.06. The van der Waals surface area contributed by atoms with Crippen molar-refractivity contribution in [1.82, 2.24) is 14.5 Å². The van der Waals surface area contributed by atoms with Crippen molar-refractivity contribution >= 4 is 23.1 Å². The number of halogens is 1. The van der Waals surface area contributed by atoms with Gasteiger partial charge in [-0.15, -0.1) is 0 Å². The molecule has 170 valence electrons. The Labute approximate surface area is 188 Å². The summed E-state index contributed by atoms with van der Waals surface area (Å²) in [7, 11) is 1.81. The van der Waals surface area contributed by atoms with Gasteiger partial charge in [-0.25, -0.2) is 14.2 Å². The van der Waals surface area contributed by atoms with Crippen LogP contribution in [0.15, 0.2) is 48.5 Å². The Hall–Kier alpha value is -3.09. The van der Waals surface area contributed by atoms with E-state index in [-0.39, 0.29) is 18.0 Å². The third-order valence-corrected chi connectivity index (χ3v) is 5.90. The van der Waals surface area contributed by atoms with Gasteiger partial charge in [0, 0.05) is 31.7 Å². The van der Waals surface area contributed by atoms with Gasteiger partial charge in [0.1, 0.15) is 11.4 Å². The van der Waals surface area contributed by atoms with Gasteiger partial charge >= 0.3 is 6.09 Å². The highest BCUT2D eigenvalue weighted by Crippen LogP contribution is 2.28. The number of rotatable bonds is 4. The van der Waals surface area contributed by atoms with E-state index in [1.54, 1.807) is 11.0 Å². The molecule has 32 heavy (non-hydrogen) atoms. The van der Waals surface area contributed by atoms with Crippen LogP contribution < -0.4 is 4.90 Å². The number of carbonyl (C=O) groups excluding carboxylic acids is 1. The molecular weight excluding hydrogens is 407 g/mol. The topological polar surface area (TPSA) is 50.6 Å². The number of carbonyl (C=O) groups is 1. The molecule has 4 rings (SSSR count). The summed E-state index contributed by atoms with van der Waals surface area (Å²) >= 11 is 0. The first kappa shape index (κ1) is 22.1. The first-order chi connectivity index (χ1) is 15.2. The van der Waals surface area contributed by atoms with Crippen LogP contribution in [0.25, 0.3) is 11.0 Å². The van der Waals surface area contributed by atoms with E-state index in [1.165, 1.54) is 6.07 Å². The molecule has 0 N–H and O–H groups in total. The smallest absolute Gasteiger partial charge is 0.410 e. The molecule has 1 aromatic heterocycles. The summed E-state index contributed by atoms with van der Waals surface area (Å²) in [6.45, 7) is 7.57. The number of fused-ring (bicyclic) bond motifs is 1. The summed E-state index contributed by atoms with van der Waals surface area (Å²) < 4.78 is 22.0. The van der Waals surface area contributed by atoms with Crippen LogP contribution in [0.5, 0.6) is 0 Å². The minimum Gasteiger partial charge on any atom is -0.444 e. The van der Waals surface area contributed by atoms with Crippen LogP contribution in [0.1, 0.15) is 39.2 Å². The number of ether oxygens (including phenoxy) is 1. The van der Waals surface area contributed by atoms with Gasteiger partial charge in [-0.3, -0.25) is 0 Å². The van der Waals surface area contributed by atoms with Crippen molar-refractivity contribution in [2.45, 2.75) is 51.8 Å². The zero-order valence-corrected chi connectivity index (χ0v) is 19.2. The van der Waals surface area contributed by atoms with Crippen LogP contribution in [-0.4, -0.2) is 52.3 Å². The summed E-state index contributed by atoms with van der Waals surface area (Å²) in [5.74, 6) is 0.627. The average molecular weight is 439 g/mol. The van der Waals surface area contributed by atoms with Crippen molar-refractivity contribution < 1.29 is 13.9 Å². The average Bonchev–Trinajstić information content (AvgIpc) is 3.12. The fourth-order valence-corrected chi connectivity index (χ4v) is 4.19. The minimum absolute atomic E-state index is 0.116. The maximum Gasteiger partial charge on any atom is 0.410 e. The van der Waals surface area contributed by atoms with Crippen molar-refractivity contribution in [3.05, 3.63) is 59.9 Å². The second kappa shape index (κ2) is 8.81. The largest absolute Gasteiger partial charge is 0.444 e. The normalized spacial score (nSPS) is 15.2. The van der Waals surface area contributed by atoms with Crippen LogP contribution in [0, 0.1) is 5.82 Å². The maximum atomic E-state index is 14.4. The van der Waals surface area contributed by atoms with Crippen molar-refractivity contribution in [2.75, 3.05) is 25.0 Å². The molecule has 0 atom stereocenters. The number of para-hydroxylation sites is 2. The molecule has 7 heteroatoms. The van der Waals surface area contributed by atoms with Crippen LogP contribution >= 0.6 is 0 Å². The van der Waals surface area contributed by atoms with Crippen molar-refractivity contribution in [1.29, 1.82) is 0 Å². The van der Waals surface area contributed by atoms with Gasteiger partial charge in [-0.2, -0.15) is 0 Å². The van der Waals surface area contributed by atoms with Gasteiger partial charge < -0.3 is 19.1 Å². The molecule has 0 radical (unpaired) electrons. The molecule has 0 aliphatic carbocycles. The van der Waals surface area contributed by atoms with E-state index >= 15 is 0 Å². The second-order valence-electron chi connectivity index (χ2n) is 9.39. The molecule has 1 saturated heterocycles. The van der Waals surface area contributed by atoms with Crippen LogP contribution in [0.4, 0.5) is 15.1 Å². The predicted molar refractivity (Wildman–Crippen MR) is 124 cm³/mol. The zero-order chi connectivity index (χ0) is 22.9. The molecule has 3 aromatic rings. The Kier molecular flexibility index (Phi) is 6.09. The maximum absolute atomic E-state index is 14.4. The summed E-state index contributed by atoms with van der Waals surface area (Å²) in [6, 6.07) is 14.9. The highest BCUT2D eigenvalue weighted by molar-refractivity contribution is 5.79. The summed E-state index contributed by atoms with van der Waals surface area (Å²) in [5, 5.41) is 0. The minimum atomic E-state index is -0.510. The fourth-order valence-electron chi connectivity index (χ4n) is 4.19. The molecule has 0 bridgehead atoms. The van der Waals surface area contributed by atoms with E-state index in [0.29, 0.717) is 12.1 Å². The standard InChI is InChI=1S/C25H31FN4O2/c1-25(2,3)32-24(31)28(4)19-13-15-29(16-14-19)23-27-21-11-7-8-12-22(21)30(23)17-18-9-5-6-10-20(18)26/h5-12,19H,13-17H2,1-4H3. The quantitative estimate of drug-likeness (QED) is 0.571. The molecular formula is C25H31FN4O2. The fraction of sp³-hybridized carbons (Fsp3) is 0.440. The van der Waals surface area contributed by atoms with Gasteiger partial charge in [0.05, 0.1) is 17.6 Å². The van der Waals surface area contributed by atoms with Gasteiger partial charge in [-0.1, -0.05) is 30.3 Å². The molecule has 1 aliphatic heterocycles. The molecule has 1 aliphatic rings. The molecule has 0 unspecified atom stereocenters. The van der Waals surface area contributed by atoms with E-state index in [1.807, 2.05) is 64.2 Å². The highest BCUT2D eigenvalue weighted by atomic mass is 19.1. The van der Waals surface area contributed by atoms with Crippen LogP contribution in [-0.2, 0) is 11.3 Å². The lowest BCUT2D eigenvalue weighted by Crippen LogP contribution is -2.47. The number of benzene rings is 2. The molecule has 2 aromatic carbocycles. The van der Waals surface area contributed by atoms with Crippen molar-refractivity contribution in [3.63, 3.8) is 0 Å². The number of hydrogen-bond acceptors (Lipinski definition) is 4. The SMILES string of the molecule is CN(C(=O)OC(C)(C)C)C1CCN(c2nc3ccccc3n2Cc2ccccc2F)CC1. The number of anilines is 1. The first-order valence-electron chi connectivity index (χ1n) is 11.1. The lowest BCUT2D eigenvalue weighted by Gasteiger charge is -2.37. The highest BCUT2D eigenvalue weighted by Gasteiger charge is 2.30. The van der Waals surface area contributed by atoms with Gasteiger partial charge in [0.25, 0.3) is 0 Å². The lowest BCUT2D eigenvalue weighted by molar-refractivity contribution is 0.0200. The molecule has 1 fully saturated rings. The number of amides is 1. The Morgan fingerprint density at radius 3 is 2.47 bits per heavy atom. The van der Waals surface area contributed by atoms with Crippen molar-refractivity contribution in [2.24, 2.45) is 0 Å².